The maximum atomic E-state index is 14.1. The first-order valence-corrected chi connectivity index (χ1v) is 20.9. The van der Waals surface area contributed by atoms with E-state index in [2.05, 4.69) is 46.6 Å². The number of aliphatic imine (C=N–C) groups is 4. The molecule has 63 heavy (non-hydrogen) atoms. The first-order chi connectivity index (χ1) is 29.8. The lowest BCUT2D eigenvalue weighted by Crippen LogP contribution is -2.59. The van der Waals surface area contributed by atoms with Crippen LogP contribution in [0.5, 0.6) is 0 Å². The summed E-state index contributed by atoms with van der Waals surface area (Å²) in [7, 11) is 0. The van der Waals surface area contributed by atoms with Crippen molar-refractivity contribution in [2.45, 2.75) is 126 Å². The van der Waals surface area contributed by atoms with Crippen LogP contribution < -0.4 is 89.7 Å². The van der Waals surface area contributed by atoms with Gasteiger partial charge in [0.05, 0.1) is 6.04 Å². The highest BCUT2D eigenvalue weighted by molar-refractivity contribution is 5.96. The summed E-state index contributed by atoms with van der Waals surface area (Å²) >= 11 is 0. The lowest BCUT2D eigenvalue weighted by Gasteiger charge is -2.27. The number of hydrogen-bond acceptors (Lipinski definition) is 13. The van der Waals surface area contributed by atoms with Crippen molar-refractivity contribution in [3.05, 3.63) is 0 Å². The lowest BCUT2D eigenvalue weighted by atomic mass is 10.0. The van der Waals surface area contributed by atoms with E-state index in [0.29, 0.717) is 38.6 Å². The third-order valence-electron chi connectivity index (χ3n) is 9.18. The van der Waals surface area contributed by atoms with Crippen molar-refractivity contribution in [2.24, 2.45) is 83.0 Å². The summed E-state index contributed by atoms with van der Waals surface area (Å²) < 4.78 is 0. The molecular weight excluding hydrogens is 825 g/mol. The Bertz CT molecular complexity index is 1530. The van der Waals surface area contributed by atoms with Gasteiger partial charge in [-0.15, -0.1) is 0 Å². The number of rotatable bonds is 35. The molecule has 0 aliphatic rings. The maximum absolute atomic E-state index is 14.1. The van der Waals surface area contributed by atoms with Crippen LogP contribution in [0.1, 0.15) is 89.9 Å². The number of nitrogens with zero attached hydrogens (tertiary/aromatic N) is 4. The minimum atomic E-state index is -1.32. The third-order valence-corrected chi connectivity index (χ3v) is 9.18. The van der Waals surface area contributed by atoms with Crippen molar-refractivity contribution in [1.82, 2.24) is 26.6 Å². The second-order valence-electron chi connectivity index (χ2n) is 14.6. The average Bonchev–Trinajstić information content (AvgIpc) is 3.21. The average molecular weight is 899 g/mol. The highest BCUT2D eigenvalue weighted by Crippen LogP contribution is 2.10. The van der Waals surface area contributed by atoms with E-state index in [-0.39, 0.29) is 114 Å². The second-order valence-corrected chi connectivity index (χ2v) is 14.6. The van der Waals surface area contributed by atoms with E-state index in [1.165, 1.54) is 0 Å². The number of hydrogen-bond donors (Lipinski definition) is 17. The topological polar surface area (TPSA) is 518 Å². The Labute approximate surface area is 367 Å². The van der Waals surface area contributed by atoms with Crippen LogP contribution in [0.3, 0.4) is 0 Å². The van der Waals surface area contributed by atoms with Gasteiger partial charge in [-0.3, -0.25) is 43.9 Å². The molecule has 0 radical (unpaired) electrons. The molecule has 0 aromatic heterocycles. The Morgan fingerprint density at radius 2 is 0.635 bits per heavy atom. The highest BCUT2D eigenvalue weighted by Gasteiger charge is 2.32. The van der Waals surface area contributed by atoms with Crippen molar-refractivity contribution in [3.8, 4) is 0 Å². The lowest BCUT2D eigenvalue weighted by molar-refractivity contribution is -0.142. The molecule has 0 rings (SSSR count). The summed E-state index contributed by atoms with van der Waals surface area (Å²) in [6.45, 7) is 1.13. The number of nitrogens with one attached hydrogen (secondary N) is 5. The molecule has 0 bridgehead atoms. The Morgan fingerprint density at radius 3 is 0.921 bits per heavy atom. The summed E-state index contributed by atoms with van der Waals surface area (Å²) in [5, 5.41) is 22.9. The van der Waals surface area contributed by atoms with E-state index in [4.69, 9.17) is 63.1 Å². The fraction of sp³-hybridized carbons (Fsp3) is 0.722. The number of carbonyl (C=O) groups excluding carboxylic acids is 5. The highest BCUT2D eigenvalue weighted by atomic mass is 16.4. The SMILES string of the molecule is NCCCC[C@H](NC(=O)[C@H](CCCN=C(N)N)NC(=O)[C@H](CCCN=C(N)N)NC(=O)[C@H](CCCCN)NC(=O)[C@H](CCCN=C(N)N)NC(=O)[C@@H](N)CCCN=C(N)N)C(=O)O. The van der Waals surface area contributed by atoms with Gasteiger partial charge in [0.1, 0.15) is 30.2 Å². The molecule has 0 saturated carbocycles. The summed E-state index contributed by atoms with van der Waals surface area (Å²) in [5.74, 6) is -5.73. The summed E-state index contributed by atoms with van der Waals surface area (Å²) in [4.78, 5) is 96.3. The second kappa shape index (κ2) is 33.4. The van der Waals surface area contributed by atoms with Gasteiger partial charge in [-0.1, -0.05) is 0 Å². The molecule has 0 aliphatic carbocycles. The van der Waals surface area contributed by atoms with Crippen molar-refractivity contribution in [1.29, 1.82) is 0 Å². The molecule has 0 unspecified atom stereocenters. The fourth-order valence-electron chi connectivity index (χ4n) is 5.85. The van der Waals surface area contributed by atoms with Crippen molar-refractivity contribution < 1.29 is 33.9 Å². The number of carboxylic acids is 1. The quantitative estimate of drug-likeness (QED) is 0.0160. The van der Waals surface area contributed by atoms with Gasteiger partial charge in [0.2, 0.25) is 29.5 Å². The van der Waals surface area contributed by atoms with Crippen LogP contribution in [0.2, 0.25) is 0 Å². The molecule has 0 spiro atoms. The van der Waals surface area contributed by atoms with Crippen molar-refractivity contribution in [3.63, 3.8) is 0 Å². The largest absolute Gasteiger partial charge is 0.480 e. The summed E-state index contributed by atoms with van der Waals surface area (Å²) in [6, 6.07) is -7.35. The fourth-order valence-corrected chi connectivity index (χ4v) is 5.85. The molecule has 0 aliphatic heterocycles. The number of amides is 5. The number of carbonyl (C=O) groups is 6. The van der Waals surface area contributed by atoms with E-state index in [1.807, 2.05) is 0 Å². The number of guanidine groups is 4. The van der Waals surface area contributed by atoms with Gasteiger partial charge in [-0.05, 0) is 103 Å². The molecular formula is C36H74N20O7. The van der Waals surface area contributed by atoms with Crippen molar-refractivity contribution >= 4 is 59.3 Å². The van der Waals surface area contributed by atoms with E-state index in [1.54, 1.807) is 0 Å². The normalized spacial score (nSPS) is 13.6. The molecule has 360 valence electrons. The molecule has 0 saturated heterocycles. The van der Waals surface area contributed by atoms with Gasteiger partial charge in [0.25, 0.3) is 0 Å². The van der Waals surface area contributed by atoms with Crippen molar-refractivity contribution in [2.75, 3.05) is 39.3 Å². The zero-order valence-electron chi connectivity index (χ0n) is 36.1. The Kier molecular flexibility index (Phi) is 30.1. The van der Waals surface area contributed by atoms with Gasteiger partial charge in [-0.25, -0.2) is 4.79 Å². The molecule has 5 amide bonds. The molecule has 27 heteroatoms. The zero-order valence-corrected chi connectivity index (χ0v) is 36.1. The van der Waals surface area contributed by atoms with Gasteiger partial charge in [0.15, 0.2) is 23.8 Å². The molecule has 0 aromatic carbocycles. The number of carboxylic acid groups (broad SMARTS) is 1. The van der Waals surface area contributed by atoms with Gasteiger partial charge in [-0.2, -0.15) is 0 Å². The standard InChI is InChI=1S/C36H74N20O7/c37-15-3-1-10-22(53-29(59)23(12-6-18-49-34(42)43)52-27(57)21(39)9-5-17-48-33(40)41)28(58)54-24(13-7-19-50-35(44)45)30(60)55-25(14-8-20-51-36(46)47)31(61)56-26(32(62)63)11-2-4-16-38/h21-26H,1-20,37-39H2,(H,52,57)(H,53,59)(H,54,58)(H,55,60)(H,56,61)(H,62,63)(H4,40,41,48)(H4,42,43,49)(H4,44,45,50)(H4,46,47,51)/t21-,22-,23-,24-,25-,26-/m0/s1. The summed E-state index contributed by atoms with van der Waals surface area (Å²) in [6.07, 6.45) is 3.15. The Hall–Kier alpha value is -6.22. The molecule has 6 atom stereocenters. The molecule has 28 N–H and O–H groups in total. The maximum Gasteiger partial charge on any atom is 0.326 e. The predicted molar refractivity (Wildman–Crippen MR) is 241 cm³/mol. The van der Waals surface area contributed by atoms with Crippen LogP contribution in [0.4, 0.5) is 0 Å². The van der Waals surface area contributed by atoms with E-state index >= 15 is 0 Å². The van der Waals surface area contributed by atoms with Gasteiger partial charge < -0.3 is 94.8 Å². The van der Waals surface area contributed by atoms with Crippen LogP contribution in [0.15, 0.2) is 20.0 Å². The smallest absolute Gasteiger partial charge is 0.326 e. The number of aliphatic carboxylic acids is 1. The minimum absolute atomic E-state index is 0.0217. The monoisotopic (exact) mass is 899 g/mol. The number of unbranched alkanes of at least 4 members (excludes halogenated alkanes) is 2. The van der Waals surface area contributed by atoms with Crippen LogP contribution >= 0.6 is 0 Å². The first-order valence-electron chi connectivity index (χ1n) is 20.9. The molecule has 0 aromatic rings. The van der Waals surface area contributed by atoms with Gasteiger partial charge >= 0.3 is 5.97 Å². The van der Waals surface area contributed by atoms with Crippen LogP contribution in [-0.4, -0.2) is 140 Å². The van der Waals surface area contributed by atoms with Crippen LogP contribution in [0.25, 0.3) is 0 Å². The minimum Gasteiger partial charge on any atom is -0.480 e. The molecule has 0 fully saturated rings. The van der Waals surface area contributed by atoms with E-state index in [9.17, 15) is 33.9 Å². The Balaban J connectivity index is 6.59. The van der Waals surface area contributed by atoms with Gasteiger partial charge in [0, 0.05) is 26.2 Å². The summed E-state index contributed by atoms with van der Waals surface area (Å²) in [5.41, 5.74) is 60.8. The Morgan fingerprint density at radius 1 is 0.381 bits per heavy atom. The van der Waals surface area contributed by atoms with E-state index < -0.39 is 71.8 Å². The third kappa shape index (κ3) is 28.1. The zero-order chi connectivity index (χ0) is 47.7. The van der Waals surface area contributed by atoms with E-state index in [0.717, 1.165) is 0 Å². The first kappa shape index (κ1) is 56.8. The van der Waals surface area contributed by atoms with Crippen LogP contribution in [0, 0.1) is 0 Å². The number of nitrogens with two attached hydrogens (primary N) is 11. The predicted octanol–water partition coefficient (Wildman–Crippen LogP) is -6.71. The molecule has 27 nitrogen and oxygen atoms in total. The molecule has 0 heterocycles. The van der Waals surface area contributed by atoms with Crippen LogP contribution in [-0.2, 0) is 28.8 Å².